The zero-order valence-electron chi connectivity index (χ0n) is 8.79. The first-order valence-electron chi connectivity index (χ1n) is 4.51. The molecule has 0 aliphatic rings. The van der Waals surface area contributed by atoms with Gasteiger partial charge in [0, 0.05) is 12.6 Å². The first kappa shape index (κ1) is 8.99. The molecule has 1 N–H and O–H groups in total. The Morgan fingerprint density at radius 2 is 1.79 bits per heavy atom. The van der Waals surface area contributed by atoms with Gasteiger partial charge in [-0.1, -0.05) is 0 Å². The molecule has 2 aromatic rings. The van der Waals surface area contributed by atoms with Gasteiger partial charge in [-0.15, -0.1) is 0 Å². The summed E-state index contributed by atoms with van der Waals surface area (Å²) in [6.45, 7) is 5.58. The molecule has 2 aromatic heterocycles. The van der Waals surface area contributed by atoms with Gasteiger partial charge in [0.25, 0.3) is 0 Å². The van der Waals surface area contributed by atoms with E-state index in [-0.39, 0.29) is 5.75 Å². The molecular weight excluding hydrogens is 178 g/mol. The van der Waals surface area contributed by atoms with Crippen LogP contribution in [0.3, 0.4) is 0 Å². The number of nitrogens with zero attached hydrogens (tertiary/aromatic N) is 3. The van der Waals surface area contributed by atoms with Crippen molar-refractivity contribution in [3.63, 3.8) is 0 Å². The van der Waals surface area contributed by atoms with Crippen molar-refractivity contribution in [2.24, 2.45) is 7.05 Å². The van der Waals surface area contributed by atoms with Crippen molar-refractivity contribution < 1.29 is 5.11 Å². The minimum absolute atomic E-state index is 0.246. The SMILES string of the molecule is Cc1nc2c(nc(C)n2C)c(C)c1O. The second kappa shape index (κ2) is 2.70. The van der Waals surface area contributed by atoms with E-state index in [1.165, 1.54) is 0 Å². The fraction of sp³-hybridized carbons (Fsp3) is 0.400. The molecule has 0 saturated heterocycles. The van der Waals surface area contributed by atoms with Crippen molar-refractivity contribution in [2.75, 3.05) is 0 Å². The van der Waals surface area contributed by atoms with E-state index in [0.29, 0.717) is 5.69 Å². The van der Waals surface area contributed by atoms with E-state index >= 15 is 0 Å². The van der Waals surface area contributed by atoms with E-state index in [1.807, 2.05) is 25.5 Å². The van der Waals surface area contributed by atoms with Crippen LogP contribution in [0.1, 0.15) is 17.1 Å². The number of hydrogen-bond donors (Lipinski definition) is 1. The van der Waals surface area contributed by atoms with E-state index < -0.39 is 0 Å². The third kappa shape index (κ3) is 0.999. The van der Waals surface area contributed by atoms with Gasteiger partial charge in [0.1, 0.15) is 17.1 Å². The first-order chi connectivity index (χ1) is 6.52. The van der Waals surface area contributed by atoms with Crippen LogP contribution in [0.4, 0.5) is 0 Å². The maximum absolute atomic E-state index is 9.69. The molecule has 2 rings (SSSR count). The van der Waals surface area contributed by atoms with Crippen molar-refractivity contribution in [3.8, 4) is 5.75 Å². The Balaban J connectivity index is 2.98. The monoisotopic (exact) mass is 191 g/mol. The second-order valence-electron chi connectivity index (χ2n) is 3.56. The molecule has 74 valence electrons. The predicted molar refractivity (Wildman–Crippen MR) is 54.4 cm³/mol. The summed E-state index contributed by atoms with van der Waals surface area (Å²) in [4.78, 5) is 8.66. The van der Waals surface area contributed by atoms with Crippen LogP contribution in [-0.4, -0.2) is 19.6 Å². The molecular formula is C10H13N3O. The molecule has 0 fully saturated rings. The number of hydrogen-bond acceptors (Lipinski definition) is 3. The van der Waals surface area contributed by atoms with Crippen LogP contribution < -0.4 is 0 Å². The summed E-state index contributed by atoms with van der Waals surface area (Å²) in [5.74, 6) is 1.15. The average Bonchev–Trinajstić information content (AvgIpc) is 2.42. The molecule has 2 heterocycles. The van der Waals surface area contributed by atoms with Crippen LogP contribution >= 0.6 is 0 Å². The Morgan fingerprint density at radius 3 is 2.43 bits per heavy atom. The van der Waals surface area contributed by atoms with Gasteiger partial charge in [0.05, 0.1) is 5.69 Å². The molecule has 4 nitrogen and oxygen atoms in total. The average molecular weight is 191 g/mol. The van der Waals surface area contributed by atoms with Crippen molar-refractivity contribution in [1.29, 1.82) is 0 Å². The van der Waals surface area contributed by atoms with Crippen LogP contribution in [-0.2, 0) is 7.05 Å². The van der Waals surface area contributed by atoms with E-state index in [1.54, 1.807) is 6.92 Å². The van der Waals surface area contributed by atoms with Crippen LogP contribution in [0.5, 0.6) is 5.75 Å². The van der Waals surface area contributed by atoms with E-state index in [4.69, 9.17) is 0 Å². The van der Waals surface area contributed by atoms with Gasteiger partial charge in [-0.05, 0) is 20.8 Å². The first-order valence-corrected chi connectivity index (χ1v) is 4.51. The minimum atomic E-state index is 0.246. The molecule has 0 radical (unpaired) electrons. The highest BCUT2D eigenvalue weighted by atomic mass is 16.3. The number of fused-ring (bicyclic) bond motifs is 1. The Labute approximate surface area is 82.2 Å². The molecule has 0 aliphatic heterocycles. The van der Waals surface area contributed by atoms with Crippen molar-refractivity contribution in [1.82, 2.24) is 14.5 Å². The lowest BCUT2D eigenvalue weighted by molar-refractivity contribution is 0.464. The number of rotatable bonds is 0. The van der Waals surface area contributed by atoms with E-state index in [2.05, 4.69) is 9.97 Å². The van der Waals surface area contributed by atoms with Gasteiger partial charge in [-0.25, -0.2) is 9.97 Å². The summed E-state index contributed by atoms with van der Waals surface area (Å²) in [6, 6.07) is 0. The van der Waals surface area contributed by atoms with Crippen LogP contribution in [0, 0.1) is 20.8 Å². The van der Waals surface area contributed by atoms with Crippen molar-refractivity contribution >= 4 is 11.2 Å². The molecule has 0 spiro atoms. The molecule has 0 bridgehead atoms. The smallest absolute Gasteiger partial charge is 0.160 e. The van der Waals surface area contributed by atoms with Crippen molar-refractivity contribution in [2.45, 2.75) is 20.8 Å². The summed E-state index contributed by atoms with van der Waals surface area (Å²) >= 11 is 0. The third-order valence-corrected chi connectivity index (χ3v) is 2.62. The molecule has 0 aromatic carbocycles. The highest BCUT2D eigenvalue weighted by Gasteiger charge is 2.13. The molecule has 0 amide bonds. The highest BCUT2D eigenvalue weighted by molar-refractivity contribution is 5.78. The standard InChI is InChI=1S/C10H13N3O/c1-5-8-10(11-6(2)9(5)14)13(4)7(3)12-8/h14H,1-4H3. The molecule has 0 aliphatic carbocycles. The van der Waals surface area contributed by atoms with Gasteiger partial charge in [-0.2, -0.15) is 0 Å². The topological polar surface area (TPSA) is 50.9 Å². The number of pyridine rings is 1. The second-order valence-corrected chi connectivity index (χ2v) is 3.56. The van der Waals surface area contributed by atoms with Gasteiger partial charge in [0.15, 0.2) is 5.65 Å². The van der Waals surface area contributed by atoms with Gasteiger partial charge in [-0.3, -0.25) is 0 Å². The Morgan fingerprint density at radius 1 is 1.14 bits per heavy atom. The predicted octanol–water partition coefficient (Wildman–Crippen LogP) is 1.60. The summed E-state index contributed by atoms with van der Waals surface area (Å²) in [5, 5.41) is 9.69. The minimum Gasteiger partial charge on any atom is -0.506 e. The lowest BCUT2D eigenvalue weighted by Crippen LogP contribution is -1.94. The quantitative estimate of drug-likeness (QED) is 0.688. The summed E-state index contributed by atoms with van der Waals surface area (Å²) in [6.07, 6.45) is 0. The van der Waals surface area contributed by atoms with Crippen LogP contribution in [0.25, 0.3) is 11.2 Å². The lowest BCUT2D eigenvalue weighted by Gasteiger charge is -2.03. The molecule has 0 unspecified atom stereocenters. The summed E-state index contributed by atoms with van der Waals surface area (Å²) in [7, 11) is 1.92. The zero-order valence-corrected chi connectivity index (χ0v) is 8.79. The number of aromatic hydroxyl groups is 1. The fourth-order valence-corrected chi connectivity index (χ4v) is 1.57. The number of aromatic nitrogens is 3. The molecule has 4 heteroatoms. The largest absolute Gasteiger partial charge is 0.506 e. The van der Waals surface area contributed by atoms with Gasteiger partial charge in [0.2, 0.25) is 0 Å². The molecule has 0 atom stereocenters. The highest BCUT2D eigenvalue weighted by Crippen LogP contribution is 2.26. The summed E-state index contributed by atoms with van der Waals surface area (Å²) < 4.78 is 1.93. The molecule has 14 heavy (non-hydrogen) atoms. The Bertz CT molecular complexity index is 514. The normalized spacial score (nSPS) is 11.1. The van der Waals surface area contributed by atoms with E-state index in [9.17, 15) is 5.11 Å². The summed E-state index contributed by atoms with van der Waals surface area (Å²) in [5.41, 5.74) is 3.07. The fourth-order valence-electron chi connectivity index (χ4n) is 1.57. The van der Waals surface area contributed by atoms with Crippen molar-refractivity contribution in [3.05, 3.63) is 17.1 Å². The maximum atomic E-state index is 9.69. The third-order valence-electron chi connectivity index (χ3n) is 2.62. The zero-order chi connectivity index (χ0) is 10.5. The Kier molecular flexibility index (Phi) is 1.74. The van der Waals surface area contributed by atoms with Gasteiger partial charge < -0.3 is 9.67 Å². The number of aryl methyl sites for hydroxylation is 4. The van der Waals surface area contributed by atoms with Crippen LogP contribution in [0.2, 0.25) is 0 Å². The Hall–Kier alpha value is -1.58. The maximum Gasteiger partial charge on any atom is 0.160 e. The van der Waals surface area contributed by atoms with E-state index in [0.717, 1.165) is 22.6 Å². The lowest BCUT2D eigenvalue weighted by atomic mass is 10.2. The number of imidazole rings is 1. The van der Waals surface area contributed by atoms with Crippen LogP contribution in [0.15, 0.2) is 0 Å². The van der Waals surface area contributed by atoms with Gasteiger partial charge >= 0.3 is 0 Å². The molecule has 0 saturated carbocycles.